The topological polar surface area (TPSA) is 36.9 Å². The van der Waals surface area contributed by atoms with Crippen LogP contribution in [-0.4, -0.2) is 31.0 Å². The van der Waals surface area contributed by atoms with Crippen molar-refractivity contribution in [2.45, 2.75) is 58.1 Å². The van der Waals surface area contributed by atoms with E-state index >= 15 is 0 Å². The highest BCUT2D eigenvalue weighted by molar-refractivity contribution is 5.16. The molecule has 0 aromatic heterocycles. The maximum Gasteiger partial charge on any atom is 0.113 e. The molecule has 0 bridgehead atoms. The van der Waals surface area contributed by atoms with Gasteiger partial charge >= 0.3 is 0 Å². The van der Waals surface area contributed by atoms with Crippen molar-refractivity contribution in [3.05, 3.63) is 120 Å². The fourth-order valence-corrected chi connectivity index (χ4v) is 4.80. The third kappa shape index (κ3) is 7.14. The first-order valence-corrected chi connectivity index (χ1v) is 12.9. The Balaban J connectivity index is 1.55. The first-order valence-electron chi connectivity index (χ1n) is 12.9. The zero-order valence-corrected chi connectivity index (χ0v) is 21.4. The molecule has 1 heterocycles. The van der Waals surface area contributed by atoms with Gasteiger partial charge in [-0.2, -0.15) is 0 Å². The van der Waals surface area contributed by atoms with E-state index in [1.807, 2.05) is 60.7 Å². The number of hydrogen-bond acceptors (Lipinski definition) is 4. The zero-order chi connectivity index (χ0) is 25.2. The molecule has 1 aliphatic rings. The highest BCUT2D eigenvalue weighted by Crippen LogP contribution is 2.36. The summed E-state index contributed by atoms with van der Waals surface area (Å²) >= 11 is 0. The van der Waals surface area contributed by atoms with Crippen LogP contribution in [0.25, 0.3) is 0 Å². The molecule has 3 aromatic carbocycles. The van der Waals surface area contributed by atoms with Gasteiger partial charge in [-0.25, -0.2) is 0 Å². The molecule has 1 saturated heterocycles. The van der Waals surface area contributed by atoms with Crippen LogP contribution >= 0.6 is 0 Å². The summed E-state index contributed by atoms with van der Waals surface area (Å²) in [6.07, 6.45) is 1.16. The minimum Gasteiger partial charge on any atom is -0.374 e. The van der Waals surface area contributed by atoms with Crippen LogP contribution in [0, 0.1) is 11.8 Å². The minimum atomic E-state index is -0.303. The molecule has 190 valence electrons. The highest BCUT2D eigenvalue weighted by atomic mass is 16.6. The zero-order valence-electron chi connectivity index (χ0n) is 21.4. The molecular formula is C32H38O4. The Kier molecular flexibility index (Phi) is 9.88. The Morgan fingerprint density at radius 1 is 0.722 bits per heavy atom. The molecule has 1 fully saturated rings. The Morgan fingerprint density at radius 2 is 1.19 bits per heavy atom. The quantitative estimate of drug-likeness (QED) is 0.270. The third-order valence-electron chi connectivity index (χ3n) is 6.67. The molecule has 1 unspecified atom stereocenters. The second-order valence-electron chi connectivity index (χ2n) is 9.72. The average molecular weight is 487 g/mol. The van der Waals surface area contributed by atoms with Crippen molar-refractivity contribution < 1.29 is 18.9 Å². The van der Waals surface area contributed by atoms with Crippen molar-refractivity contribution in [2.75, 3.05) is 6.61 Å². The summed E-state index contributed by atoms with van der Waals surface area (Å²) < 4.78 is 26.0. The van der Waals surface area contributed by atoms with E-state index in [0.717, 1.165) is 16.7 Å². The van der Waals surface area contributed by atoms with E-state index in [1.165, 1.54) is 0 Å². The molecule has 4 rings (SSSR count). The van der Waals surface area contributed by atoms with Crippen LogP contribution in [0.4, 0.5) is 0 Å². The second-order valence-corrected chi connectivity index (χ2v) is 9.72. The van der Waals surface area contributed by atoms with Gasteiger partial charge in [-0.15, -0.1) is 6.58 Å². The molecule has 4 heteroatoms. The van der Waals surface area contributed by atoms with E-state index in [-0.39, 0.29) is 30.3 Å². The predicted molar refractivity (Wildman–Crippen MR) is 143 cm³/mol. The molecular weight excluding hydrogens is 448 g/mol. The molecule has 1 aliphatic heterocycles. The third-order valence-corrected chi connectivity index (χ3v) is 6.67. The van der Waals surface area contributed by atoms with E-state index in [4.69, 9.17) is 18.9 Å². The van der Waals surface area contributed by atoms with Crippen LogP contribution in [-0.2, 0) is 38.8 Å². The van der Waals surface area contributed by atoms with Gasteiger partial charge in [0.2, 0.25) is 0 Å². The van der Waals surface area contributed by atoms with Crippen LogP contribution in [0.2, 0.25) is 0 Å². The van der Waals surface area contributed by atoms with E-state index in [1.54, 1.807) is 0 Å². The summed E-state index contributed by atoms with van der Waals surface area (Å²) in [5.41, 5.74) is 3.38. The van der Waals surface area contributed by atoms with Crippen molar-refractivity contribution >= 4 is 0 Å². The summed E-state index contributed by atoms with van der Waals surface area (Å²) in [4.78, 5) is 0. The lowest BCUT2D eigenvalue weighted by Gasteiger charge is -2.47. The van der Waals surface area contributed by atoms with Crippen LogP contribution in [0.15, 0.2) is 104 Å². The lowest BCUT2D eigenvalue weighted by molar-refractivity contribution is -0.244. The molecule has 0 spiro atoms. The molecule has 0 saturated carbocycles. The first kappa shape index (κ1) is 26.3. The number of benzene rings is 3. The standard InChI is InChI=1S/C32H38O4/c1-4-28-30(24(2)3)36-29(23-33-20-25-14-8-5-9-15-25)32(35-22-27-18-12-7-13-19-27)31(28)34-21-26-16-10-6-11-17-26/h4-19,24,28-32H,1,20-23H2,2-3H3/t28-,29+,30?,31+,32-/m0/s1. The van der Waals surface area contributed by atoms with E-state index in [2.05, 4.69) is 56.8 Å². The second kappa shape index (κ2) is 13.5. The SMILES string of the molecule is C=C[C@H]1C(C(C)C)O[C@H](COCc2ccccc2)[C@H](OCc2ccccc2)[C@@H]1OCc1ccccc1. The van der Waals surface area contributed by atoms with Crippen molar-refractivity contribution in [1.82, 2.24) is 0 Å². The van der Waals surface area contributed by atoms with Crippen molar-refractivity contribution in [2.24, 2.45) is 11.8 Å². The number of hydrogen-bond donors (Lipinski definition) is 0. The summed E-state index contributed by atoms with van der Waals surface area (Å²) in [5.74, 6) is 0.294. The lowest BCUT2D eigenvalue weighted by Crippen LogP contribution is -2.58. The average Bonchev–Trinajstić information content (AvgIpc) is 2.92. The fraction of sp³-hybridized carbons (Fsp3) is 0.375. The Bertz CT molecular complexity index is 1020. The molecule has 36 heavy (non-hydrogen) atoms. The molecule has 4 nitrogen and oxygen atoms in total. The highest BCUT2D eigenvalue weighted by Gasteiger charge is 2.47. The van der Waals surface area contributed by atoms with Crippen LogP contribution in [0.1, 0.15) is 30.5 Å². The Hall–Kier alpha value is -2.76. The van der Waals surface area contributed by atoms with Gasteiger partial charge in [0.05, 0.1) is 38.6 Å². The Labute approximate surface area is 215 Å². The van der Waals surface area contributed by atoms with Gasteiger partial charge in [0.25, 0.3) is 0 Å². The minimum absolute atomic E-state index is 0.000131. The van der Waals surface area contributed by atoms with Crippen LogP contribution in [0.5, 0.6) is 0 Å². The number of ether oxygens (including phenoxy) is 4. The first-order chi connectivity index (χ1) is 17.7. The summed E-state index contributed by atoms with van der Waals surface area (Å²) in [6, 6.07) is 30.7. The van der Waals surface area contributed by atoms with Crippen molar-refractivity contribution in [3.63, 3.8) is 0 Å². The van der Waals surface area contributed by atoms with Gasteiger partial charge in [-0.3, -0.25) is 0 Å². The lowest BCUT2D eigenvalue weighted by atomic mass is 9.81. The van der Waals surface area contributed by atoms with Gasteiger partial charge in [0.15, 0.2) is 0 Å². The van der Waals surface area contributed by atoms with Gasteiger partial charge in [-0.1, -0.05) is 111 Å². The molecule has 0 amide bonds. The van der Waals surface area contributed by atoms with E-state index in [0.29, 0.717) is 32.3 Å². The molecule has 0 radical (unpaired) electrons. The van der Waals surface area contributed by atoms with Crippen LogP contribution < -0.4 is 0 Å². The molecule has 3 aromatic rings. The van der Waals surface area contributed by atoms with E-state index < -0.39 is 0 Å². The fourth-order valence-electron chi connectivity index (χ4n) is 4.80. The molecule has 0 aliphatic carbocycles. The van der Waals surface area contributed by atoms with E-state index in [9.17, 15) is 0 Å². The van der Waals surface area contributed by atoms with Crippen molar-refractivity contribution in [3.8, 4) is 0 Å². The van der Waals surface area contributed by atoms with Gasteiger partial charge in [0, 0.05) is 5.92 Å². The normalized spacial score (nSPS) is 24.0. The monoisotopic (exact) mass is 486 g/mol. The largest absolute Gasteiger partial charge is 0.374 e. The van der Waals surface area contributed by atoms with Gasteiger partial charge in [0.1, 0.15) is 12.2 Å². The maximum absolute atomic E-state index is 6.67. The summed E-state index contributed by atoms with van der Waals surface area (Å²) in [5, 5.41) is 0. The Morgan fingerprint density at radius 3 is 1.67 bits per heavy atom. The molecule has 5 atom stereocenters. The molecule has 0 N–H and O–H groups in total. The summed E-state index contributed by atoms with van der Waals surface area (Å²) in [7, 11) is 0. The van der Waals surface area contributed by atoms with Gasteiger partial charge in [-0.05, 0) is 22.6 Å². The maximum atomic E-state index is 6.67. The van der Waals surface area contributed by atoms with Gasteiger partial charge < -0.3 is 18.9 Å². The number of rotatable bonds is 12. The summed E-state index contributed by atoms with van der Waals surface area (Å²) in [6.45, 7) is 10.5. The van der Waals surface area contributed by atoms with Crippen LogP contribution in [0.3, 0.4) is 0 Å². The smallest absolute Gasteiger partial charge is 0.113 e. The van der Waals surface area contributed by atoms with Crippen molar-refractivity contribution in [1.29, 1.82) is 0 Å². The predicted octanol–water partition coefficient (Wildman–Crippen LogP) is 6.60.